The quantitative estimate of drug-likeness (QED) is 0.909. The van der Waals surface area contributed by atoms with Gasteiger partial charge < -0.3 is 14.8 Å². The smallest absolute Gasteiger partial charge is 0.231 e. The van der Waals surface area contributed by atoms with Gasteiger partial charge in [-0.2, -0.15) is 5.10 Å². The predicted octanol–water partition coefficient (Wildman–Crippen LogP) is 2.50. The van der Waals surface area contributed by atoms with E-state index in [2.05, 4.69) is 15.5 Å². The highest BCUT2D eigenvalue weighted by Crippen LogP contribution is 2.34. The highest BCUT2D eigenvalue weighted by atomic mass is 16.7. The number of anilines is 1. The van der Waals surface area contributed by atoms with Crippen molar-refractivity contribution in [1.82, 2.24) is 10.2 Å². The minimum Gasteiger partial charge on any atom is -0.454 e. The molecular weight excluding hydrogens is 270 g/mol. The average Bonchev–Trinajstić information content (AvgIpc) is 3.04. The summed E-state index contributed by atoms with van der Waals surface area (Å²) >= 11 is 0. The second-order valence-electron chi connectivity index (χ2n) is 5.13. The minimum absolute atomic E-state index is 0.0820. The number of amides is 1. The molecule has 3 rings (SSSR count). The molecular formula is C15H17N3O3. The van der Waals surface area contributed by atoms with Crippen LogP contribution in [0.1, 0.15) is 29.8 Å². The zero-order valence-electron chi connectivity index (χ0n) is 12.2. The van der Waals surface area contributed by atoms with Crippen molar-refractivity contribution in [2.75, 3.05) is 12.1 Å². The summed E-state index contributed by atoms with van der Waals surface area (Å²) in [6.45, 7) is 5.90. The molecule has 0 aliphatic carbocycles. The highest BCUT2D eigenvalue weighted by molar-refractivity contribution is 5.96. The lowest BCUT2D eigenvalue weighted by Gasteiger charge is -2.13. The summed E-state index contributed by atoms with van der Waals surface area (Å²) in [6.07, 6.45) is 0. The van der Waals surface area contributed by atoms with Gasteiger partial charge >= 0.3 is 0 Å². The number of fused-ring (bicyclic) bond motifs is 1. The summed E-state index contributed by atoms with van der Waals surface area (Å²) in [6, 6.07) is 5.35. The number of H-pyrrole nitrogens is 1. The first-order chi connectivity index (χ1) is 10.1. The molecule has 2 heterocycles. The van der Waals surface area contributed by atoms with Crippen LogP contribution < -0.4 is 14.8 Å². The number of nitrogens with one attached hydrogen (secondary N) is 2. The Morgan fingerprint density at radius 3 is 2.81 bits per heavy atom. The Kier molecular flexibility index (Phi) is 3.29. The Labute approximate surface area is 122 Å². The van der Waals surface area contributed by atoms with E-state index in [1.54, 1.807) is 18.2 Å². The van der Waals surface area contributed by atoms with Crippen molar-refractivity contribution in [2.24, 2.45) is 0 Å². The molecule has 6 nitrogen and oxygen atoms in total. The van der Waals surface area contributed by atoms with Gasteiger partial charge in [0.1, 0.15) is 0 Å². The van der Waals surface area contributed by atoms with Gasteiger partial charge in [0.05, 0.1) is 11.6 Å². The summed E-state index contributed by atoms with van der Waals surface area (Å²) in [5.74, 6) is 0.981. The van der Waals surface area contributed by atoms with Gasteiger partial charge in [0, 0.05) is 23.0 Å². The highest BCUT2D eigenvalue weighted by Gasteiger charge is 2.22. The van der Waals surface area contributed by atoms with Crippen LogP contribution in [-0.4, -0.2) is 22.9 Å². The lowest BCUT2D eigenvalue weighted by Crippen LogP contribution is -2.19. The van der Waals surface area contributed by atoms with E-state index >= 15 is 0 Å². The van der Waals surface area contributed by atoms with E-state index in [1.807, 2.05) is 20.8 Å². The molecule has 2 N–H and O–H groups in total. The molecule has 0 radical (unpaired) electrons. The number of carbonyl (C=O) groups is 1. The van der Waals surface area contributed by atoms with Gasteiger partial charge in [-0.15, -0.1) is 0 Å². The molecule has 6 heteroatoms. The maximum atomic E-state index is 12.4. The molecule has 110 valence electrons. The third-order valence-electron chi connectivity index (χ3n) is 3.65. The maximum absolute atomic E-state index is 12.4. The number of nitrogens with zero attached hydrogens (tertiary/aromatic N) is 1. The van der Waals surface area contributed by atoms with E-state index in [9.17, 15) is 4.79 Å². The normalized spacial score (nSPS) is 14.0. The standard InChI is InChI=1S/C15H17N3O3/c1-8(14-9(2)17-18-10(14)3)15(19)16-11-4-5-12-13(6-11)21-7-20-12/h4-6,8H,7H2,1-3H3,(H,16,19)(H,17,18)/t8-/m0/s1. The molecule has 0 fully saturated rings. The van der Waals surface area contributed by atoms with Crippen molar-refractivity contribution in [3.05, 3.63) is 35.2 Å². The molecule has 1 amide bonds. The fourth-order valence-corrected chi connectivity index (χ4v) is 2.55. The molecule has 1 aliphatic rings. The van der Waals surface area contributed by atoms with Crippen LogP contribution >= 0.6 is 0 Å². The zero-order valence-corrected chi connectivity index (χ0v) is 12.2. The summed E-state index contributed by atoms with van der Waals surface area (Å²) in [4.78, 5) is 12.4. The van der Waals surface area contributed by atoms with Crippen molar-refractivity contribution < 1.29 is 14.3 Å². The molecule has 1 atom stereocenters. The van der Waals surface area contributed by atoms with Crippen LogP contribution in [0.3, 0.4) is 0 Å². The van der Waals surface area contributed by atoms with E-state index in [1.165, 1.54) is 0 Å². The second-order valence-corrected chi connectivity index (χ2v) is 5.13. The molecule has 1 aromatic heterocycles. The van der Waals surface area contributed by atoms with Crippen LogP contribution in [0.2, 0.25) is 0 Å². The van der Waals surface area contributed by atoms with Crippen LogP contribution in [0.4, 0.5) is 5.69 Å². The fraction of sp³-hybridized carbons (Fsp3) is 0.333. The average molecular weight is 287 g/mol. The topological polar surface area (TPSA) is 76.2 Å². The monoisotopic (exact) mass is 287 g/mol. The first-order valence-corrected chi connectivity index (χ1v) is 6.78. The lowest BCUT2D eigenvalue weighted by molar-refractivity contribution is -0.117. The Morgan fingerprint density at radius 2 is 2.10 bits per heavy atom. The number of rotatable bonds is 3. The van der Waals surface area contributed by atoms with Crippen LogP contribution in [-0.2, 0) is 4.79 Å². The Morgan fingerprint density at radius 1 is 1.33 bits per heavy atom. The number of hydrogen-bond donors (Lipinski definition) is 2. The Bertz CT molecular complexity index is 674. The van der Waals surface area contributed by atoms with Crippen molar-refractivity contribution in [3.8, 4) is 11.5 Å². The number of benzene rings is 1. The SMILES string of the molecule is Cc1n[nH]c(C)c1[C@H](C)C(=O)Nc1ccc2c(c1)OCO2. The molecule has 2 aromatic rings. The van der Waals surface area contributed by atoms with Gasteiger partial charge in [-0.05, 0) is 32.9 Å². The minimum atomic E-state index is -0.283. The van der Waals surface area contributed by atoms with E-state index < -0.39 is 0 Å². The molecule has 1 aromatic carbocycles. The molecule has 0 saturated heterocycles. The Balaban J connectivity index is 1.77. The van der Waals surface area contributed by atoms with Gasteiger partial charge in [-0.25, -0.2) is 0 Å². The van der Waals surface area contributed by atoms with Crippen molar-refractivity contribution in [2.45, 2.75) is 26.7 Å². The van der Waals surface area contributed by atoms with Crippen LogP contribution in [0.25, 0.3) is 0 Å². The van der Waals surface area contributed by atoms with Gasteiger partial charge in [-0.1, -0.05) is 0 Å². The first kappa shape index (κ1) is 13.5. The molecule has 0 unspecified atom stereocenters. The molecule has 0 saturated carbocycles. The lowest BCUT2D eigenvalue weighted by atomic mass is 9.98. The second kappa shape index (κ2) is 5.12. The third-order valence-corrected chi connectivity index (χ3v) is 3.65. The molecule has 21 heavy (non-hydrogen) atoms. The van der Waals surface area contributed by atoms with E-state index in [4.69, 9.17) is 9.47 Å². The summed E-state index contributed by atoms with van der Waals surface area (Å²) in [5.41, 5.74) is 3.39. The summed E-state index contributed by atoms with van der Waals surface area (Å²) < 4.78 is 10.6. The number of hydrogen-bond acceptors (Lipinski definition) is 4. The van der Waals surface area contributed by atoms with E-state index in [0.29, 0.717) is 17.2 Å². The number of aryl methyl sites for hydroxylation is 2. The summed E-state index contributed by atoms with van der Waals surface area (Å²) in [5, 5.41) is 9.93. The molecule has 0 spiro atoms. The molecule has 1 aliphatic heterocycles. The first-order valence-electron chi connectivity index (χ1n) is 6.78. The van der Waals surface area contributed by atoms with E-state index in [0.717, 1.165) is 17.0 Å². The van der Waals surface area contributed by atoms with Crippen LogP contribution in [0.15, 0.2) is 18.2 Å². The third kappa shape index (κ3) is 2.44. The Hall–Kier alpha value is -2.50. The van der Waals surface area contributed by atoms with Gasteiger partial charge in [0.2, 0.25) is 12.7 Å². The largest absolute Gasteiger partial charge is 0.454 e. The van der Waals surface area contributed by atoms with Crippen molar-refractivity contribution >= 4 is 11.6 Å². The van der Waals surface area contributed by atoms with Gasteiger partial charge in [-0.3, -0.25) is 9.89 Å². The van der Waals surface area contributed by atoms with Gasteiger partial charge in [0.15, 0.2) is 11.5 Å². The maximum Gasteiger partial charge on any atom is 0.231 e. The van der Waals surface area contributed by atoms with Crippen molar-refractivity contribution in [3.63, 3.8) is 0 Å². The van der Waals surface area contributed by atoms with Crippen molar-refractivity contribution in [1.29, 1.82) is 0 Å². The number of aromatic amines is 1. The summed E-state index contributed by atoms with van der Waals surface area (Å²) in [7, 11) is 0. The zero-order chi connectivity index (χ0) is 15.0. The predicted molar refractivity (Wildman–Crippen MR) is 77.7 cm³/mol. The number of ether oxygens (including phenoxy) is 2. The fourth-order valence-electron chi connectivity index (χ4n) is 2.55. The number of aromatic nitrogens is 2. The van der Waals surface area contributed by atoms with Crippen LogP contribution in [0, 0.1) is 13.8 Å². The molecule has 0 bridgehead atoms. The number of carbonyl (C=O) groups excluding carboxylic acids is 1. The van der Waals surface area contributed by atoms with Gasteiger partial charge in [0.25, 0.3) is 0 Å². The van der Waals surface area contributed by atoms with E-state index in [-0.39, 0.29) is 18.6 Å². The van der Waals surface area contributed by atoms with Crippen LogP contribution in [0.5, 0.6) is 11.5 Å².